The van der Waals surface area contributed by atoms with E-state index in [-0.39, 0.29) is 0 Å². The van der Waals surface area contributed by atoms with Gasteiger partial charge in [0.15, 0.2) is 0 Å². The van der Waals surface area contributed by atoms with Gasteiger partial charge in [-0.15, -0.1) is 0 Å². The van der Waals surface area contributed by atoms with Gasteiger partial charge in [-0.3, -0.25) is 4.98 Å². The molecule has 0 radical (unpaired) electrons. The van der Waals surface area contributed by atoms with Crippen LogP contribution in [0.15, 0.2) is 18.3 Å². The van der Waals surface area contributed by atoms with Crippen molar-refractivity contribution in [2.45, 2.75) is 25.9 Å². The van der Waals surface area contributed by atoms with Crippen molar-refractivity contribution in [2.24, 2.45) is 0 Å². The van der Waals surface area contributed by atoms with Crippen molar-refractivity contribution in [1.29, 1.82) is 0 Å². The standard InChI is InChI=1S/C12H16N4O/c1-12(2,17)6-8-9(13)10(14)11-7(16-8)4-3-5-15-11/h3-5,17H,6,13H2,1-2H3,(H2,14,16). The molecule has 0 amide bonds. The monoisotopic (exact) mass is 232 g/mol. The zero-order chi connectivity index (χ0) is 12.6. The second kappa shape index (κ2) is 3.85. The van der Waals surface area contributed by atoms with Crippen LogP contribution in [0, 0.1) is 0 Å². The molecule has 5 heteroatoms. The topological polar surface area (TPSA) is 98.0 Å². The molecule has 0 saturated carbocycles. The summed E-state index contributed by atoms with van der Waals surface area (Å²) in [6, 6.07) is 3.62. The molecule has 0 bridgehead atoms. The van der Waals surface area contributed by atoms with Gasteiger partial charge in [0.25, 0.3) is 0 Å². The average molecular weight is 232 g/mol. The van der Waals surface area contributed by atoms with E-state index >= 15 is 0 Å². The third-order valence-electron chi connectivity index (χ3n) is 2.50. The van der Waals surface area contributed by atoms with Gasteiger partial charge < -0.3 is 16.6 Å². The molecule has 2 heterocycles. The third kappa shape index (κ3) is 2.29. The summed E-state index contributed by atoms with van der Waals surface area (Å²) in [6.07, 6.45) is 2.00. The first-order valence-electron chi connectivity index (χ1n) is 5.39. The van der Waals surface area contributed by atoms with Crippen molar-refractivity contribution in [1.82, 2.24) is 9.97 Å². The maximum absolute atomic E-state index is 9.81. The lowest BCUT2D eigenvalue weighted by Crippen LogP contribution is -2.23. The van der Waals surface area contributed by atoms with E-state index in [0.29, 0.717) is 34.5 Å². The number of nitrogen functional groups attached to an aromatic ring is 2. The number of hydrogen-bond donors (Lipinski definition) is 3. The van der Waals surface area contributed by atoms with Crippen LogP contribution >= 0.6 is 0 Å². The first-order chi connectivity index (χ1) is 7.88. The quantitative estimate of drug-likeness (QED) is 0.720. The van der Waals surface area contributed by atoms with E-state index < -0.39 is 5.60 Å². The fourth-order valence-electron chi connectivity index (χ4n) is 1.73. The first-order valence-corrected chi connectivity index (χ1v) is 5.39. The van der Waals surface area contributed by atoms with Crippen molar-refractivity contribution >= 4 is 22.4 Å². The van der Waals surface area contributed by atoms with Gasteiger partial charge in [0, 0.05) is 12.6 Å². The Morgan fingerprint density at radius 1 is 1.29 bits per heavy atom. The Kier molecular flexibility index (Phi) is 2.63. The lowest BCUT2D eigenvalue weighted by molar-refractivity contribution is 0.0802. The molecule has 0 saturated heterocycles. The predicted molar refractivity (Wildman–Crippen MR) is 68.4 cm³/mol. The molecule has 2 aromatic heterocycles. The Hall–Kier alpha value is -1.88. The summed E-state index contributed by atoms with van der Waals surface area (Å²) in [4.78, 5) is 8.54. The Morgan fingerprint density at radius 3 is 2.65 bits per heavy atom. The second-order valence-corrected chi connectivity index (χ2v) is 4.75. The lowest BCUT2D eigenvalue weighted by atomic mass is 10.0. The van der Waals surface area contributed by atoms with Gasteiger partial charge in [0.05, 0.1) is 28.2 Å². The van der Waals surface area contributed by atoms with E-state index in [1.165, 1.54) is 0 Å². The molecule has 2 rings (SSSR count). The summed E-state index contributed by atoms with van der Waals surface area (Å²) < 4.78 is 0. The van der Waals surface area contributed by atoms with Crippen LogP contribution in [0.3, 0.4) is 0 Å². The minimum absolute atomic E-state index is 0.355. The van der Waals surface area contributed by atoms with Gasteiger partial charge in [0.1, 0.15) is 5.52 Å². The number of anilines is 2. The van der Waals surface area contributed by atoms with Gasteiger partial charge in [-0.2, -0.15) is 0 Å². The summed E-state index contributed by atoms with van der Waals surface area (Å²) in [6.45, 7) is 3.41. The molecule has 0 fully saturated rings. The van der Waals surface area contributed by atoms with Crippen molar-refractivity contribution in [2.75, 3.05) is 11.5 Å². The van der Waals surface area contributed by atoms with E-state index in [9.17, 15) is 5.11 Å². The highest BCUT2D eigenvalue weighted by Gasteiger charge is 2.19. The Labute approximate surface area is 99.5 Å². The number of hydrogen-bond acceptors (Lipinski definition) is 5. The fraction of sp³-hybridized carbons (Fsp3) is 0.333. The molecule has 0 aliphatic heterocycles. The van der Waals surface area contributed by atoms with Crippen LogP contribution in [0.5, 0.6) is 0 Å². The zero-order valence-corrected chi connectivity index (χ0v) is 9.94. The number of aliphatic hydroxyl groups is 1. The molecule has 0 aliphatic carbocycles. The van der Waals surface area contributed by atoms with Crippen LogP contribution in [0.2, 0.25) is 0 Å². The van der Waals surface area contributed by atoms with Gasteiger partial charge in [-0.05, 0) is 26.0 Å². The summed E-state index contributed by atoms with van der Waals surface area (Å²) in [7, 11) is 0. The molecule has 0 atom stereocenters. The predicted octanol–water partition coefficient (Wildman–Crippen LogP) is 1.11. The van der Waals surface area contributed by atoms with Gasteiger partial charge in [-0.1, -0.05) is 0 Å². The van der Waals surface area contributed by atoms with Crippen LogP contribution in [0.4, 0.5) is 11.4 Å². The molecule has 0 aromatic carbocycles. The highest BCUT2D eigenvalue weighted by molar-refractivity contribution is 5.93. The Bertz CT molecular complexity index is 560. The van der Waals surface area contributed by atoms with E-state index in [0.717, 1.165) is 0 Å². The number of aromatic nitrogens is 2. The van der Waals surface area contributed by atoms with Crippen LogP contribution < -0.4 is 11.5 Å². The van der Waals surface area contributed by atoms with Gasteiger partial charge in [-0.25, -0.2) is 4.98 Å². The van der Waals surface area contributed by atoms with E-state index in [2.05, 4.69) is 9.97 Å². The van der Waals surface area contributed by atoms with Gasteiger partial charge >= 0.3 is 0 Å². The smallest absolute Gasteiger partial charge is 0.114 e. The fourth-order valence-corrected chi connectivity index (χ4v) is 1.73. The lowest BCUT2D eigenvalue weighted by Gasteiger charge is -2.18. The summed E-state index contributed by atoms with van der Waals surface area (Å²) in [5, 5.41) is 9.81. The van der Waals surface area contributed by atoms with Crippen LogP contribution in [-0.2, 0) is 6.42 Å². The molecular formula is C12H16N4O. The largest absolute Gasteiger partial charge is 0.396 e. The third-order valence-corrected chi connectivity index (χ3v) is 2.50. The molecule has 90 valence electrons. The van der Waals surface area contributed by atoms with E-state index in [1.54, 1.807) is 26.1 Å². The highest BCUT2D eigenvalue weighted by atomic mass is 16.3. The molecule has 0 unspecified atom stereocenters. The average Bonchev–Trinajstić information content (AvgIpc) is 2.24. The maximum Gasteiger partial charge on any atom is 0.114 e. The normalized spacial score (nSPS) is 11.9. The Balaban J connectivity index is 2.62. The second-order valence-electron chi connectivity index (χ2n) is 4.75. The number of fused-ring (bicyclic) bond motifs is 1. The molecule has 2 aromatic rings. The minimum Gasteiger partial charge on any atom is -0.396 e. The van der Waals surface area contributed by atoms with Crippen molar-refractivity contribution in [3.8, 4) is 0 Å². The van der Waals surface area contributed by atoms with E-state index in [4.69, 9.17) is 11.5 Å². The molecule has 0 aliphatic rings. The molecule has 5 N–H and O–H groups in total. The van der Waals surface area contributed by atoms with Crippen molar-refractivity contribution in [3.63, 3.8) is 0 Å². The van der Waals surface area contributed by atoms with Crippen LogP contribution in [-0.4, -0.2) is 20.7 Å². The van der Waals surface area contributed by atoms with Crippen LogP contribution in [0.1, 0.15) is 19.5 Å². The summed E-state index contributed by atoms with van der Waals surface area (Å²) >= 11 is 0. The number of nitrogens with zero attached hydrogens (tertiary/aromatic N) is 2. The van der Waals surface area contributed by atoms with E-state index in [1.807, 2.05) is 6.07 Å². The van der Waals surface area contributed by atoms with Crippen LogP contribution in [0.25, 0.3) is 11.0 Å². The summed E-state index contributed by atoms with van der Waals surface area (Å²) in [5.41, 5.74) is 13.7. The molecular weight excluding hydrogens is 216 g/mol. The van der Waals surface area contributed by atoms with Gasteiger partial charge in [0.2, 0.25) is 0 Å². The number of nitrogens with two attached hydrogens (primary N) is 2. The first kappa shape index (κ1) is 11.6. The van der Waals surface area contributed by atoms with Crippen molar-refractivity contribution in [3.05, 3.63) is 24.0 Å². The maximum atomic E-state index is 9.81. The summed E-state index contributed by atoms with van der Waals surface area (Å²) in [5.74, 6) is 0. The highest BCUT2D eigenvalue weighted by Crippen LogP contribution is 2.28. The Morgan fingerprint density at radius 2 is 2.00 bits per heavy atom. The minimum atomic E-state index is -0.872. The van der Waals surface area contributed by atoms with Crippen molar-refractivity contribution < 1.29 is 5.11 Å². The molecule has 0 spiro atoms. The SMILES string of the molecule is CC(C)(O)Cc1nc2cccnc2c(N)c1N. The number of rotatable bonds is 2. The number of pyridine rings is 2. The molecule has 5 nitrogen and oxygen atoms in total. The zero-order valence-electron chi connectivity index (χ0n) is 9.94. The molecule has 17 heavy (non-hydrogen) atoms.